The van der Waals surface area contributed by atoms with Crippen LogP contribution in [0.15, 0.2) is 16.9 Å². The SMILES string of the molecule is CC(=O)Nc1cnc(Br)cc1C. The molecule has 0 unspecified atom stereocenters. The monoisotopic (exact) mass is 228 g/mol. The lowest BCUT2D eigenvalue weighted by atomic mass is 10.2. The Bertz CT molecular complexity index is 312. The molecule has 0 spiro atoms. The van der Waals surface area contributed by atoms with Crippen molar-refractivity contribution in [1.29, 1.82) is 0 Å². The summed E-state index contributed by atoms with van der Waals surface area (Å²) in [5.74, 6) is -0.0813. The first-order chi connectivity index (χ1) is 5.59. The molecule has 12 heavy (non-hydrogen) atoms. The quantitative estimate of drug-likeness (QED) is 0.749. The van der Waals surface area contributed by atoms with Crippen LogP contribution < -0.4 is 5.32 Å². The molecule has 0 fully saturated rings. The van der Waals surface area contributed by atoms with Crippen LogP contribution in [-0.2, 0) is 4.79 Å². The van der Waals surface area contributed by atoms with E-state index >= 15 is 0 Å². The molecular formula is C8H9BrN2O. The van der Waals surface area contributed by atoms with E-state index in [9.17, 15) is 4.79 Å². The van der Waals surface area contributed by atoms with E-state index in [0.29, 0.717) is 0 Å². The predicted octanol–water partition coefficient (Wildman–Crippen LogP) is 2.11. The van der Waals surface area contributed by atoms with Crippen molar-refractivity contribution < 1.29 is 4.79 Å². The lowest BCUT2D eigenvalue weighted by Crippen LogP contribution is -2.07. The number of amides is 1. The van der Waals surface area contributed by atoms with E-state index in [2.05, 4.69) is 26.2 Å². The van der Waals surface area contributed by atoms with Gasteiger partial charge in [0.1, 0.15) is 4.60 Å². The van der Waals surface area contributed by atoms with E-state index in [1.165, 1.54) is 6.92 Å². The van der Waals surface area contributed by atoms with Crippen molar-refractivity contribution in [2.45, 2.75) is 13.8 Å². The van der Waals surface area contributed by atoms with E-state index in [0.717, 1.165) is 15.9 Å². The second-order valence-electron chi connectivity index (χ2n) is 2.50. The van der Waals surface area contributed by atoms with E-state index in [1.807, 2.05) is 13.0 Å². The molecule has 0 radical (unpaired) electrons. The normalized spacial score (nSPS) is 9.58. The van der Waals surface area contributed by atoms with E-state index in [-0.39, 0.29) is 5.91 Å². The Morgan fingerprint density at radius 3 is 2.83 bits per heavy atom. The summed E-state index contributed by atoms with van der Waals surface area (Å²) in [5, 5.41) is 2.68. The van der Waals surface area contributed by atoms with Gasteiger partial charge in [0.05, 0.1) is 11.9 Å². The number of nitrogens with zero attached hydrogens (tertiary/aromatic N) is 1. The maximum Gasteiger partial charge on any atom is 0.221 e. The van der Waals surface area contributed by atoms with Gasteiger partial charge in [0.25, 0.3) is 0 Å². The number of carbonyl (C=O) groups excluding carboxylic acids is 1. The number of hydrogen-bond donors (Lipinski definition) is 1. The smallest absolute Gasteiger partial charge is 0.221 e. The molecule has 0 aromatic carbocycles. The average molecular weight is 229 g/mol. The fourth-order valence-electron chi connectivity index (χ4n) is 0.842. The van der Waals surface area contributed by atoms with Crippen LogP contribution in [0.2, 0.25) is 0 Å². The van der Waals surface area contributed by atoms with Crippen LogP contribution in [0.1, 0.15) is 12.5 Å². The molecule has 0 aliphatic heterocycles. The molecule has 0 bridgehead atoms. The average Bonchev–Trinajstić information content (AvgIpc) is 1.94. The fourth-order valence-corrected chi connectivity index (χ4v) is 1.29. The van der Waals surface area contributed by atoms with Gasteiger partial charge in [-0.15, -0.1) is 0 Å². The van der Waals surface area contributed by atoms with Crippen molar-refractivity contribution in [2.75, 3.05) is 5.32 Å². The molecule has 1 rings (SSSR count). The molecule has 0 saturated heterocycles. The molecule has 1 N–H and O–H groups in total. The Morgan fingerprint density at radius 2 is 2.33 bits per heavy atom. The Balaban J connectivity index is 2.93. The minimum absolute atomic E-state index is 0.0813. The zero-order valence-corrected chi connectivity index (χ0v) is 8.47. The van der Waals surface area contributed by atoms with Gasteiger partial charge < -0.3 is 5.32 Å². The molecule has 4 heteroatoms. The minimum Gasteiger partial charge on any atom is -0.325 e. The standard InChI is InChI=1S/C8H9BrN2O/c1-5-3-8(9)10-4-7(5)11-6(2)12/h3-4H,1-2H3,(H,11,12). The highest BCUT2D eigenvalue weighted by atomic mass is 79.9. The third kappa shape index (κ3) is 2.30. The summed E-state index contributed by atoms with van der Waals surface area (Å²) >= 11 is 3.24. The van der Waals surface area contributed by atoms with Gasteiger partial charge in [-0.25, -0.2) is 4.98 Å². The van der Waals surface area contributed by atoms with Crippen LogP contribution in [-0.4, -0.2) is 10.9 Å². The van der Waals surface area contributed by atoms with Gasteiger partial charge in [-0.1, -0.05) is 0 Å². The number of rotatable bonds is 1. The number of nitrogens with one attached hydrogen (secondary N) is 1. The van der Waals surface area contributed by atoms with Crippen molar-refractivity contribution in [3.8, 4) is 0 Å². The molecule has 1 aromatic rings. The molecule has 1 heterocycles. The third-order valence-electron chi connectivity index (χ3n) is 1.39. The number of anilines is 1. The highest BCUT2D eigenvalue weighted by Crippen LogP contribution is 2.16. The number of aryl methyl sites for hydroxylation is 1. The van der Waals surface area contributed by atoms with Crippen molar-refractivity contribution in [1.82, 2.24) is 4.98 Å². The molecule has 0 aliphatic rings. The lowest BCUT2D eigenvalue weighted by molar-refractivity contribution is -0.114. The van der Waals surface area contributed by atoms with Crippen molar-refractivity contribution in [3.05, 3.63) is 22.4 Å². The van der Waals surface area contributed by atoms with Gasteiger partial charge in [0, 0.05) is 6.92 Å². The summed E-state index contributed by atoms with van der Waals surface area (Å²) in [6.07, 6.45) is 1.63. The maximum atomic E-state index is 10.7. The number of halogens is 1. The summed E-state index contributed by atoms with van der Waals surface area (Å²) in [4.78, 5) is 14.7. The molecule has 0 aliphatic carbocycles. The molecule has 0 saturated carbocycles. The van der Waals surface area contributed by atoms with Crippen LogP contribution in [0, 0.1) is 6.92 Å². The van der Waals surface area contributed by atoms with Gasteiger partial charge in [-0.3, -0.25) is 4.79 Å². The van der Waals surface area contributed by atoms with Crippen LogP contribution in [0.25, 0.3) is 0 Å². The van der Waals surface area contributed by atoms with E-state index in [1.54, 1.807) is 6.20 Å². The van der Waals surface area contributed by atoms with Gasteiger partial charge >= 0.3 is 0 Å². The van der Waals surface area contributed by atoms with Gasteiger partial charge in [0.15, 0.2) is 0 Å². The van der Waals surface area contributed by atoms with Crippen LogP contribution in [0.3, 0.4) is 0 Å². The van der Waals surface area contributed by atoms with Crippen molar-refractivity contribution in [3.63, 3.8) is 0 Å². The predicted molar refractivity (Wildman–Crippen MR) is 51.0 cm³/mol. The number of aromatic nitrogens is 1. The zero-order chi connectivity index (χ0) is 9.14. The Morgan fingerprint density at radius 1 is 1.67 bits per heavy atom. The van der Waals surface area contributed by atoms with Crippen molar-refractivity contribution in [2.24, 2.45) is 0 Å². The van der Waals surface area contributed by atoms with Gasteiger partial charge in [0.2, 0.25) is 5.91 Å². The third-order valence-corrected chi connectivity index (χ3v) is 1.82. The van der Waals surface area contributed by atoms with E-state index in [4.69, 9.17) is 0 Å². The first-order valence-electron chi connectivity index (χ1n) is 3.49. The Hall–Kier alpha value is -0.900. The van der Waals surface area contributed by atoms with Gasteiger partial charge in [-0.05, 0) is 34.5 Å². The second kappa shape index (κ2) is 3.67. The van der Waals surface area contributed by atoms with Crippen LogP contribution >= 0.6 is 15.9 Å². The summed E-state index contributed by atoms with van der Waals surface area (Å²) in [6, 6.07) is 1.85. The number of carbonyl (C=O) groups is 1. The first-order valence-corrected chi connectivity index (χ1v) is 4.28. The Kier molecular flexibility index (Phi) is 2.81. The lowest BCUT2D eigenvalue weighted by Gasteiger charge is -2.04. The molecule has 1 aromatic heterocycles. The van der Waals surface area contributed by atoms with Crippen LogP contribution in [0.4, 0.5) is 5.69 Å². The van der Waals surface area contributed by atoms with E-state index < -0.39 is 0 Å². The Labute approximate surface area is 79.3 Å². The highest BCUT2D eigenvalue weighted by Gasteiger charge is 2.00. The largest absolute Gasteiger partial charge is 0.325 e. The number of pyridine rings is 1. The second-order valence-corrected chi connectivity index (χ2v) is 3.32. The fraction of sp³-hybridized carbons (Fsp3) is 0.250. The molecule has 64 valence electrons. The molecule has 3 nitrogen and oxygen atoms in total. The summed E-state index contributed by atoms with van der Waals surface area (Å²) < 4.78 is 0.772. The minimum atomic E-state index is -0.0813. The zero-order valence-electron chi connectivity index (χ0n) is 6.89. The van der Waals surface area contributed by atoms with Crippen molar-refractivity contribution >= 4 is 27.5 Å². The summed E-state index contributed by atoms with van der Waals surface area (Å²) in [6.45, 7) is 3.39. The summed E-state index contributed by atoms with van der Waals surface area (Å²) in [5.41, 5.74) is 1.75. The maximum absolute atomic E-state index is 10.7. The molecule has 0 atom stereocenters. The van der Waals surface area contributed by atoms with Crippen LogP contribution in [0.5, 0.6) is 0 Å². The molecule has 1 amide bonds. The van der Waals surface area contributed by atoms with Gasteiger partial charge in [-0.2, -0.15) is 0 Å². The highest BCUT2D eigenvalue weighted by molar-refractivity contribution is 9.10. The first kappa shape index (κ1) is 9.19. The topological polar surface area (TPSA) is 42.0 Å². The number of hydrogen-bond acceptors (Lipinski definition) is 2. The summed E-state index contributed by atoms with van der Waals surface area (Å²) in [7, 11) is 0. The molecular weight excluding hydrogens is 220 g/mol.